The highest BCUT2D eigenvalue weighted by Gasteiger charge is 2.14. The maximum atomic E-state index is 11.4. The van der Waals surface area contributed by atoms with Crippen LogP contribution < -0.4 is 10.6 Å². The van der Waals surface area contributed by atoms with Gasteiger partial charge in [-0.25, -0.2) is 9.59 Å². The van der Waals surface area contributed by atoms with Crippen LogP contribution in [0.3, 0.4) is 0 Å². The number of benzene rings is 1. The molecule has 0 aliphatic carbocycles. The molecule has 2 amide bonds. The first-order valence-electron chi connectivity index (χ1n) is 5.98. The number of carbonyl (C=O) groups is 2. The van der Waals surface area contributed by atoms with Gasteiger partial charge in [0, 0.05) is 6.54 Å². The Morgan fingerprint density at radius 3 is 2.32 bits per heavy atom. The Balaban J connectivity index is 2.29. The largest absolute Gasteiger partial charge is 0.479 e. The molecule has 104 valence electrons. The Bertz CT molecular complexity index is 422. The van der Waals surface area contributed by atoms with E-state index in [1.807, 2.05) is 37.3 Å². The summed E-state index contributed by atoms with van der Waals surface area (Å²) in [5.41, 5.74) is 1.10. The highest BCUT2D eigenvalue weighted by molar-refractivity contribution is 5.76. The van der Waals surface area contributed by atoms with Crippen LogP contribution in [-0.4, -0.2) is 41.4 Å². The predicted octanol–water partition coefficient (Wildman–Crippen LogP) is 0.535. The van der Waals surface area contributed by atoms with Gasteiger partial charge in [-0.1, -0.05) is 37.3 Å². The van der Waals surface area contributed by atoms with Gasteiger partial charge in [0.15, 0.2) is 6.10 Å². The van der Waals surface area contributed by atoms with E-state index < -0.39 is 18.1 Å². The lowest BCUT2D eigenvalue weighted by molar-refractivity contribution is -0.146. The highest BCUT2D eigenvalue weighted by atomic mass is 16.4. The number of aliphatic hydroxyl groups excluding tert-OH is 1. The van der Waals surface area contributed by atoms with Crippen molar-refractivity contribution in [3.8, 4) is 0 Å². The van der Waals surface area contributed by atoms with Gasteiger partial charge in [-0.2, -0.15) is 0 Å². The molecule has 2 atom stereocenters. The number of rotatable bonds is 6. The molecule has 0 heterocycles. The van der Waals surface area contributed by atoms with Crippen LogP contribution in [0.5, 0.6) is 0 Å². The van der Waals surface area contributed by atoms with E-state index in [0.717, 1.165) is 5.56 Å². The lowest BCUT2D eigenvalue weighted by Crippen LogP contribution is -2.42. The highest BCUT2D eigenvalue weighted by Crippen LogP contribution is 2.12. The summed E-state index contributed by atoms with van der Waals surface area (Å²) in [5.74, 6) is -1.21. The fourth-order valence-electron chi connectivity index (χ4n) is 1.48. The quantitative estimate of drug-likeness (QED) is 0.603. The Labute approximate surface area is 111 Å². The average Bonchev–Trinajstić information content (AvgIpc) is 2.42. The minimum Gasteiger partial charge on any atom is -0.479 e. The molecule has 0 fully saturated rings. The number of carbonyl (C=O) groups excluding carboxylic acids is 1. The van der Waals surface area contributed by atoms with Gasteiger partial charge in [0.05, 0.1) is 6.54 Å². The average molecular weight is 266 g/mol. The van der Waals surface area contributed by atoms with Crippen LogP contribution in [-0.2, 0) is 4.79 Å². The number of hydrogen-bond acceptors (Lipinski definition) is 3. The number of nitrogens with one attached hydrogen (secondary N) is 2. The van der Waals surface area contributed by atoms with Gasteiger partial charge in [0.2, 0.25) is 0 Å². The minimum absolute atomic E-state index is 0.149. The molecule has 6 nitrogen and oxygen atoms in total. The Hall–Kier alpha value is -2.08. The second-order valence-corrected chi connectivity index (χ2v) is 4.26. The van der Waals surface area contributed by atoms with E-state index in [2.05, 4.69) is 10.6 Å². The number of aliphatic carboxylic acids is 1. The monoisotopic (exact) mass is 266 g/mol. The lowest BCUT2D eigenvalue weighted by atomic mass is 10.0. The van der Waals surface area contributed by atoms with Gasteiger partial charge in [-0.05, 0) is 11.5 Å². The first-order valence-corrected chi connectivity index (χ1v) is 5.98. The maximum Gasteiger partial charge on any atom is 0.334 e. The van der Waals surface area contributed by atoms with Crippen molar-refractivity contribution in [3.63, 3.8) is 0 Å². The zero-order valence-corrected chi connectivity index (χ0v) is 10.7. The van der Waals surface area contributed by atoms with Crippen molar-refractivity contribution in [2.24, 2.45) is 0 Å². The van der Waals surface area contributed by atoms with Crippen molar-refractivity contribution in [2.75, 3.05) is 13.1 Å². The fraction of sp³-hybridized carbons (Fsp3) is 0.385. The molecule has 1 unspecified atom stereocenters. The summed E-state index contributed by atoms with van der Waals surface area (Å²) in [5, 5.41) is 22.3. The molecule has 0 bridgehead atoms. The maximum absolute atomic E-state index is 11.4. The molecule has 4 N–H and O–H groups in total. The molecule has 0 saturated carbocycles. The van der Waals surface area contributed by atoms with E-state index in [1.165, 1.54) is 0 Å². The molecular formula is C13H18N2O4. The molecule has 0 aliphatic rings. The number of aliphatic hydroxyl groups is 1. The van der Waals surface area contributed by atoms with Crippen molar-refractivity contribution in [1.29, 1.82) is 0 Å². The SMILES string of the molecule is CC(CNC(=O)NC[C@H](O)C(=O)O)c1ccccc1. The second kappa shape index (κ2) is 7.38. The van der Waals surface area contributed by atoms with E-state index in [0.29, 0.717) is 6.54 Å². The number of hydrogen-bond donors (Lipinski definition) is 4. The summed E-state index contributed by atoms with van der Waals surface area (Å²) in [7, 11) is 0. The molecular weight excluding hydrogens is 248 g/mol. The molecule has 1 aromatic carbocycles. The molecule has 19 heavy (non-hydrogen) atoms. The topological polar surface area (TPSA) is 98.7 Å². The van der Waals surface area contributed by atoms with E-state index >= 15 is 0 Å². The third kappa shape index (κ3) is 5.39. The van der Waals surface area contributed by atoms with Crippen LogP contribution >= 0.6 is 0 Å². The third-order valence-electron chi connectivity index (χ3n) is 2.68. The predicted molar refractivity (Wildman–Crippen MR) is 69.9 cm³/mol. The van der Waals surface area contributed by atoms with E-state index in [1.54, 1.807) is 0 Å². The van der Waals surface area contributed by atoms with Gasteiger partial charge < -0.3 is 20.8 Å². The molecule has 1 aromatic rings. The summed E-state index contributed by atoms with van der Waals surface area (Å²) >= 11 is 0. The summed E-state index contributed by atoms with van der Waals surface area (Å²) in [4.78, 5) is 21.7. The lowest BCUT2D eigenvalue weighted by Gasteiger charge is -2.14. The van der Waals surface area contributed by atoms with Crippen molar-refractivity contribution in [2.45, 2.75) is 18.9 Å². The molecule has 6 heteroatoms. The van der Waals surface area contributed by atoms with Gasteiger partial charge in [0.25, 0.3) is 0 Å². The van der Waals surface area contributed by atoms with Gasteiger partial charge >= 0.3 is 12.0 Å². The van der Waals surface area contributed by atoms with E-state index in [9.17, 15) is 9.59 Å². The van der Waals surface area contributed by atoms with Crippen LogP contribution in [0.25, 0.3) is 0 Å². The van der Waals surface area contributed by atoms with Crippen LogP contribution in [0.2, 0.25) is 0 Å². The van der Waals surface area contributed by atoms with Crippen LogP contribution in [0.1, 0.15) is 18.4 Å². The molecule has 0 aromatic heterocycles. The van der Waals surface area contributed by atoms with Crippen molar-refractivity contribution >= 4 is 12.0 Å². The fourth-order valence-corrected chi connectivity index (χ4v) is 1.48. The summed E-state index contributed by atoms with van der Waals surface area (Å²) in [6.07, 6.45) is -1.59. The van der Waals surface area contributed by atoms with Crippen LogP contribution in [0.4, 0.5) is 4.79 Å². The molecule has 0 radical (unpaired) electrons. The Morgan fingerprint density at radius 1 is 1.16 bits per heavy atom. The van der Waals surface area contributed by atoms with Gasteiger partial charge in [0.1, 0.15) is 0 Å². The number of urea groups is 1. The van der Waals surface area contributed by atoms with Crippen molar-refractivity contribution < 1.29 is 19.8 Å². The number of carboxylic acid groups (broad SMARTS) is 1. The molecule has 0 spiro atoms. The Kier molecular flexibility index (Phi) is 5.81. The molecule has 0 saturated heterocycles. The number of amides is 2. The normalized spacial score (nSPS) is 13.4. The first-order chi connectivity index (χ1) is 9.00. The van der Waals surface area contributed by atoms with Gasteiger partial charge in [-0.15, -0.1) is 0 Å². The standard InChI is InChI=1S/C13H18N2O4/c1-9(10-5-3-2-4-6-10)7-14-13(19)15-8-11(16)12(17)18/h2-6,9,11,16H,7-8H2,1H3,(H,17,18)(H2,14,15,19)/t9?,11-/m0/s1. The zero-order chi connectivity index (χ0) is 14.3. The Morgan fingerprint density at radius 2 is 1.74 bits per heavy atom. The smallest absolute Gasteiger partial charge is 0.334 e. The number of carboxylic acids is 1. The summed E-state index contributed by atoms with van der Waals surface area (Å²) in [6.45, 7) is 2.08. The summed E-state index contributed by atoms with van der Waals surface area (Å²) < 4.78 is 0. The van der Waals surface area contributed by atoms with Crippen LogP contribution in [0.15, 0.2) is 30.3 Å². The first kappa shape index (κ1) is 15.0. The molecule has 0 aliphatic heterocycles. The van der Waals surface area contributed by atoms with Gasteiger partial charge in [-0.3, -0.25) is 0 Å². The van der Waals surface area contributed by atoms with E-state index in [4.69, 9.17) is 10.2 Å². The second-order valence-electron chi connectivity index (χ2n) is 4.26. The molecule has 1 rings (SSSR count). The van der Waals surface area contributed by atoms with E-state index in [-0.39, 0.29) is 12.5 Å². The summed E-state index contributed by atoms with van der Waals surface area (Å²) in [6, 6.07) is 9.22. The minimum atomic E-state index is -1.59. The van der Waals surface area contributed by atoms with Crippen molar-refractivity contribution in [3.05, 3.63) is 35.9 Å². The third-order valence-corrected chi connectivity index (χ3v) is 2.68. The van der Waals surface area contributed by atoms with Crippen LogP contribution in [0, 0.1) is 0 Å². The zero-order valence-electron chi connectivity index (χ0n) is 10.7. The van der Waals surface area contributed by atoms with Crippen molar-refractivity contribution in [1.82, 2.24) is 10.6 Å².